The average molecular weight is 246 g/mol. The zero-order valence-corrected chi connectivity index (χ0v) is 10.4. The van der Waals surface area contributed by atoms with Crippen molar-refractivity contribution in [1.29, 1.82) is 0 Å². The maximum Gasteiger partial charge on any atom is 0.320 e. The zero-order valence-electron chi connectivity index (χ0n) is 10.4. The first-order valence-electron chi connectivity index (χ1n) is 6.50. The fourth-order valence-corrected chi connectivity index (χ4v) is 2.69. The van der Waals surface area contributed by atoms with Crippen molar-refractivity contribution in [3.63, 3.8) is 0 Å². The van der Waals surface area contributed by atoms with Crippen molar-refractivity contribution in [3.05, 3.63) is 30.1 Å². The van der Waals surface area contributed by atoms with Gasteiger partial charge in [0.1, 0.15) is 0 Å². The molecule has 2 fully saturated rings. The molecule has 1 atom stereocenters. The lowest BCUT2D eigenvalue weighted by molar-refractivity contribution is 0.179. The highest BCUT2D eigenvalue weighted by atomic mass is 16.2. The number of aromatic nitrogens is 1. The van der Waals surface area contributed by atoms with E-state index < -0.39 is 0 Å². The van der Waals surface area contributed by atoms with Crippen LogP contribution >= 0.6 is 0 Å². The maximum absolute atomic E-state index is 12.2. The van der Waals surface area contributed by atoms with Crippen LogP contribution in [0.4, 0.5) is 4.79 Å². The van der Waals surface area contributed by atoms with E-state index in [1.54, 1.807) is 12.4 Å². The van der Waals surface area contributed by atoms with E-state index in [4.69, 9.17) is 0 Å². The Morgan fingerprint density at radius 2 is 2.22 bits per heavy atom. The first-order valence-corrected chi connectivity index (χ1v) is 6.50. The zero-order chi connectivity index (χ0) is 12.4. The Labute approximate surface area is 107 Å². The monoisotopic (exact) mass is 246 g/mol. The van der Waals surface area contributed by atoms with Crippen LogP contribution in [0.15, 0.2) is 24.5 Å². The van der Waals surface area contributed by atoms with E-state index in [1.807, 2.05) is 21.9 Å². The van der Waals surface area contributed by atoms with Crippen LogP contribution in [0, 0.1) is 0 Å². The van der Waals surface area contributed by atoms with Gasteiger partial charge in [-0.1, -0.05) is 0 Å². The number of fused-ring (bicyclic) bond motifs is 1. The first-order chi connectivity index (χ1) is 8.84. The Hall–Kier alpha value is -1.62. The van der Waals surface area contributed by atoms with Gasteiger partial charge in [0.2, 0.25) is 0 Å². The van der Waals surface area contributed by atoms with Crippen molar-refractivity contribution in [3.8, 4) is 0 Å². The van der Waals surface area contributed by atoms with Gasteiger partial charge in [-0.05, 0) is 24.1 Å². The minimum Gasteiger partial charge on any atom is -0.322 e. The predicted octanol–water partition coefficient (Wildman–Crippen LogP) is 0.333. The molecule has 18 heavy (non-hydrogen) atoms. The van der Waals surface area contributed by atoms with Gasteiger partial charge in [-0.25, -0.2) is 4.79 Å². The van der Waals surface area contributed by atoms with Gasteiger partial charge in [0.05, 0.1) is 6.04 Å². The molecule has 1 aromatic rings. The van der Waals surface area contributed by atoms with Crippen molar-refractivity contribution in [2.24, 2.45) is 0 Å². The highest BCUT2D eigenvalue weighted by Crippen LogP contribution is 2.17. The summed E-state index contributed by atoms with van der Waals surface area (Å²) in [5.74, 6) is 0. The average Bonchev–Trinajstić information content (AvgIpc) is 2.75. The molecular weight excluding hydrogens is 228 g/mol. The van der Waals surface area contributed by atoms with Gasteiger partial charge < -0.3 is 15.1 Å². The van der Waals surface area contributed by atoms with Gasteiger partial charge in [0.25, 0.3) is 0 Å². The molecule has 2 aliphatic rings. The number of amides is 2. The van der Waals surface area contributed by atoms with Crippen LogP contribution in [0.2, 0.25) is 0 Å². The van der Waals surface area contributed by atoms with E-state index in [2.05, 4.69) is 10.3 Å². The van der Waals surface area contributed by atoms with Crippen molar-refractivity contribution in [2.45, 2.75) is 12.5 Å². The normalized spacial score (nSPS) is 23.3. The van der Waals surface area contributed by atoms with E-state index in [1.165, 1.54) is 5.56 Å². The standard InChI is InChI=1S/C13H18N4O/c18-13-16(7-3-11-1-4-14-5-2-11)10-12-9-15-6-8-17(12)13/h1-2,4-5,12,15H,3,6-10H2. The van der Waals surface area contributed by atoms with Crippen molar-refractivity contribution in [2.75, 3.05) is 32.7 Å². The third kappa shape index (κ3) is 2.18. The minimum atomic E-state index is 0.204. The Morgan fingerprint density at radius 3 is 3.00 bits per heavy atom. The molecule has 0 radical (unpaired) electrons. The van der Waals surface area contributed by atoms with Gasteiger partial charge in [-0.2, -0.15) is 0 Å². The van der Waals surface area contributed by atoms with E-state index >= 15 is 0 Å². The molecule has 0 spiro atoms. The summed E-state index contributed by atoms with van der Waals surface area (Å²) in [6, 6.07) is 4.59. The van der Waals surface area contributed by atoms with Crippen molar-refractivity contribution in [1.82, 2.24) is 20.1 Å². The molecule has 0 saturated carbocycles. The number of nitrogens with one attached hydrogen (secondary N) is 1. The van der Waals surface area contributed by atoms with Crippen LogP contribution in [0.25, 0.3) is 0 Å². The minimum absolute atomic E-state index is 0.204. The molecule has 96 valence electrons. The molecule has 5 nitrogen and oxygen atoms in total. The third-order valence-corrected chi connectivity index (χ3v) is 3.72. The fourth-order valence-electron chi connectivity index (χ4n) is 2.69. The molecule has 5 heteroatoms. The summed E-state index contributed by atoms with van der Waals surface area (Å²) in [5.41, 5.74) is 1.24. The molecule has 1 unspecified atom stereocenters. The van der Waals surface area contributed by atoms with Crippen LogP contribution in [-0.2, 0) is 6.42 Å². The SMILES string of the molecule is O=C1N(CCc2ccncc2)CC2CNCCN12. The quantitative estimate of drug-likeness (QED) is 0.836. The predicted molar refractivity (Wildman–Crippen MR) is 68.3 cm³/mol. The molecule has 1 N–H and O–H groups in total. The summed E-state index contributed by atoms with van der Waals surface area (Å²) in [5, 5.41) is 3.34. The van der Waals surface area contributed by atoms with Gasteiger partial charge in [0, 0.05) is 45.1 Å². The lowest BCUT2D eigenvalue weighted by Gasteiger charge is -2.28. The Kier molecular flexibility index (Phi) is 3.15. The molecule has 1 aromatic heterocycles. The van der Waals surface area contributed by atoms with Gasteiger partial charge in [-0.15, -0.1) is 0 Å². The second-order valence-corrected chi connectivity index (χ2v) is 4.89. The number of nitrogens with zero attached hydrogens (tertiary/aromatic N) is 3. The number of urea groups is 1. The highest BCUT2D eigenvalue weighted by Gasteiger charge is 2.37. The number of piperazine rings is 1. The number of carbonyl (C=O) groups is 1. The highest BCUT2D eigenvalue weighted by molar-refractivity contribution is 5.77. The van der Waals surface area contributed by atoms with E-state index in [0.717, 1.165) is 39.1 Å². The second kappa shape index (κ2) is 4.94. The summed E-state index contributed by atoms with van der Waals surface area (Å²) in [6.07, 6.45) is 4.50. The summed E-state index contributed by atoms with van der Waals surface area (Å²) in [7, 11) is 0. The number of hydrogen-bond donors (Lipinski definition) is 1. The maximum atomic E-state index is 12.2. The van der Waals surface area contributed by atoms with Crippen LogP contribution in [0.5, 0.6) is 0 Å². The summed E-state index contributed by atoms with van der Waals surface area (Å²) in [6.45, 7) is 4.35. The third-order valence-electron chi connectivity index (χ3n) is 3.72. The largest absolute Gasteiger partial charge is 0.322 e. The Morgan fingerprint density at radius 1 is 1.39 bits per heavy atom. The molecule has 2 aliphatic heterocycles. The number of carbonyl (C=O) groups excluding carboxylic acids is 1. The Bertz CT molecular complexity index is 422. The molecule has 3 heterocycles. The molecular formula is C13H18N4O. The Balaban J connectivity index is 1.59. The van der Waals surface area contributed by atoms with E-state index in [9.17, 15) is 4.79 Å². The molecule has 2 amide bonds. The number of rotatable bonds is 3. The number of hydrogen-bond acceptors (Lipinski definition) is 3. The molecule has 3 rings (SSSR count). The number of pyridine rings is 1. The molecule has 0 aliphatic carbocycles. The van der Waals surface area contributed by atoms with Crippen LogP contribution in [0.3, 0.4) is 0 Å². The first kappa shape index (κ1) is 11.5. The van der Waals surface area contributed by atoms with E-state index in [-0.39, 0.29) is 6.03 Å². The van der Waals surface area contributed by atoms with Crippen LogP contribution in [-0.4, -0.2) is 59.6 Å². The van der Waals surface area contributed by atoms with Gasteiger partial charge >= 0.3 is 6.03 Å². The van der Waals surface area contributed by atoms with Crippen molar-refractivity contribution < 1.29 is 4.79 Å². The topological polar surface area (TPSA) is 48.5 Å². The van der Waals surface area contributed by atoms with E-state index in [0.29, 0.717) is 6.04 Å². The molecule has 0 bridgehead atoms. The molecule has 2 saturated heterocycles. The van der Waals surface area contributed by atoms with Gasteiger partial charge in [-0.3, -0.25) is 4.98 Å². The molecule has 0 aromatic carbocycles. The van der Waals surface area contributed by atoms with Crippen LogP contribution in [0.1, 0.15) is 5.56 Å². The van der Waals surface area contributed by atoms with Crippen molar-refractivity contribution >= 4 is 6.03 Å². The summed E-state index contributed by atoms with van der Waals surface area (Å²) >= 11 is 0. The second-order valence-electron chi connectivity index (χ2n) is 4.89. The summed E-state index contributed by atoms with van der Waals surface area (Å²) in [4.78, 5) is 20.1. The van der Waals surface area contributed by atoms with Crippen LogP contribution < -0.4 is 5.32 Å². The fraction of sp³-hybridized carbons (Fsp3) is 0.538. The summed E-state index contributed by atoms with van der Waals surface area (Å²) < 4.78 is 0. The van der Waals surface area contributed by atoms with Gasteiger partial charge in [0.15, 0.2) is 0 Å². The smallest absolute Gasteiger partial charge is 0.320 e. The lowest BCUT2D eigenvalue weighted by Crippen LogP contribution is -2.49. The lowest BCUT2D eigenvalue weighted by atomic mass is 10.2.